The van der Waals surface area contributed by atoms with E-state index in [0.29, 0.717) is 5.13 Å². The zero-order chi connectivity index (χ0) is 17.0. The maximum Gasteiger partial charge on any atom is 0.245 e. The van der Waals surface area contributed by atoms with Crippen LogP contribution in [0.2, 0.25) is 0 Å². The molecular weight excluding hydrogens is 385 g/mol. The van der Waals surface area contributed by atoms with Gasteiger partial charge in [0, 0.05) is 24.4 Å². The van der Waals surface area contributed by atoms with Gasteiger partial charge in [-0.05, 0) is 12.5 Å². The average Bonchev–Trinajstić information content (AvgIpc) is 2.92. The molecular formula is C15H27Cl2N5O2S. The molecule has 1 aliphatic heterocycles. The quantitative estimate of drug-likeness (QED) is 0.656. The second kappa shape index (κ2) is 10.9. The highest BCUT2D eigenvalue weighted by Gasteiger charge is 2.21. The Labute approximate surface area is 164 Å². The van der Waals surface area contributed by atoms with Gasteiger partial charge in [-0.2, -0.15) is 0 Å². The molecule has 10 heteroatoms. The Bertz CT molecular complexity index is 582. The molecule has 1 aliphatic rings. The van der Waals surface area contributed by atoms with Crippen LogP contribution < -0.4 is 16.4 Å². The van der Waals surface area contributed by atoms with Gasteiger partial charge in [0.15, 0.2) is 5.13 Å². The number of nitrogens with zero attached hydrogens (tertiary/aromatic N) is 2. The van der Waals surface area contributed by atoms with Gasteiger partial charge in [0.2, 0.25) is 11.8 Å². The molecule has 0 aromatic carbocycles. The third kappa shape index (κ3) is 6.71. The zero-order valence-electron chi connectivity index (χ0n) is 14.7. The Kier molecular flexibility index (Phi) is 10.5. The number of rotatable bonds is 6. The summed E-state index contributed by atoms with van der Waals surface area (Å²) in [6.45, 7) is 8.68. The van der Waals surface area contributed by atoms with Crippen molar-refractivity contribution in [3.63, 3.8) is 0 Å². The van der Waals surface area contributed by atoms with Crippen LogP contribution >= 0.6 is 36.2 Å². The van der Waals surface area contributed by atoms with Crippen LogP contribution in [0.5, 0.6) is 0 Å². The minimum Gasteiger partial charge on any atom is -0.346 e. The third-order valence-corrected chi connectivity index (χ3v) is 4.95. The second-order valence-electron chi connectivity index (χ2n) is 6.04. The molecule has 0 aliphatic carbocycles. The smallest absolute Gasteiger partial charge is 0.245 e. The summed E-state index contributed by atoms with van der Waals surface area (Å²) in [5.74, 6) is -0.565. The molecule has 0 spiro atoms. The lowest BCUT2D eigenvalue weighted by atomic mass is 10.1. The molecule has 0 bridgehead atoms. The van der Waals surface area contributed by atoms with Crippen LogP contribution in [0.4, 0.5) is 5.13 Å². The molecule has 144 valence electrons. The number of carbonyl (C=O) groups is 2. The summed E-state index contributed by atoms with van der Waals surface area (Å²) in [5.41, 5.74) is 6.80. The highest BCUT2D eigenvalue weighted by atomic mass is 35.5. The highest BCUT2D eigenvalue weighted by molar-refractivity contribution is 7.15. The van der Waals surface area contributed by atoms with Crippen molar-refractivity contribution in [1.82, 2.24) is 15.2 Å². The summed E-state index contributed by atoms with van der Waals surface area (Å²) in [6, 6.07) is -0.602. The topological polar surface area (TPSA) is 100 Å². The molecule has 0 saturated carbocycles. The number of carbonyl (C=O) groups excluding carboxylic acids is 2. The summed E-state index contributed by atoms with van der Waals surface area (Å²) >= 11 is 1.51. The van der Waals surface area contributed by atoms with Crippen LogP contribution in [0.1, 0.15) is 31.3 Å². The molecule has 1 atom stereocenters. The van der Waals surface area contributed by atoms with E-state index in [0.717, 1.165) is 31.7 Å². The lowest BCUT2D eigenvalue weighted by Gasteiger charge is -2.23. The average molecular weight is 412 g/mol. The van der Waals surface area contributed by atoms with Crippen molar-refractivity contribution >= 4 is 53.1 Å². The molecule has 1 aromatic heterocycles. The van der Waals surface area contributed by atoms with Gasteiger partial charge in [0.25, 0.3) is 0 Å². The lowest BCUT2D eigenvalue weighted by Crippen LogP contribution is -2.46. The monoisotopic (exact) mass is 411 g/mol. The molecule has 1 aromatic rings. The fraction of sp³-hybridized carbons (Fsp3) is 0.667. The van der Waals surface area contributed by atoms with Crippen molar-refractivity contribution in [2.45, 2.75) is 39.8 Å². The van der Waals surface area contributed by atoms with Crippen LogP contribution in [0, 0.1) is 5.92 Å². The fourth-order valence-electron chi connectivity index (χ4n) is 2.32. The first-order valence-corrected chi connectivity index (χ1v) is 8.76. The molecule has 7 nitrogen and oxygen atoms in total. The third-order valence-electron chi connectivity index (χ3n) is 3.95. The first kappa shape index (κ1) is 24.1. The van der Waals surface area contributed by atoms with Crippen molar-refractivity contribution in [3.8, 4) is 0 Å². The van der Waals surface area contributed by atoms with Crippen molar-refractivity contribution in [2.24, 2.45) is 11.7 Å². The van der Waals surface area contributed by atoms with E-state index in [1.807, 2.05) is 13.8 Å². The SMILES string of the molecule is CCN1CCc2nc(NC(=O)CNC(=O)[C@@H](N)C(C)C)sc2C1.Cl.Cl. The van der Waals surface area contributed by atoms with Gasteiger partial charge in [0.05, 0.1) is 18.3 Å². The summed E-state index contributed by atoms with van der Waals surface area (Å²) in [7, 11) is 0. The number of fused-ring (bicyclic) bond motifs is 1. The van der Waals surface area contributed by atoms with E-state index in [2.05, 4.69) is 27.4 Å². The van der Waals surface area contributed by atoms with Crippen molar-refractivity contribution in [2.75, 3.05) is 25.0 Å². The number of halogens is 2. The molecule has 4 N–H and O–H groups in total. The summed E-state index contributed by atoms with van der Waals surface area (Å²) < 4.78 is 0. The number of anilines is 1. The van der Waals surface area contributed by atoms with Gasteiger partial charge in [-0.15, -0.1) is 36.2 Å². The number of nitrogens with one attached hydrogen (secondary N) is 2. The Morgan fingerprint density at radius 3 is 2.64 bits per heavy atom. The number of hydrogen-bond acceptors (Lipinski definition) is 6. The van der Waals surface area contributed by atoms with Gasteiger partial charge < -0.3 is 16.4 Å². The predicted molar refractivity (Wildman–Crippen MR) is 106 cm³/mol. The first-order chi connectivity index (χ1) is 10.9. The summed E-state index contributed by atoms with van der Waals surface area (Å²) in [5, 5.41) is 5.90. The maximum absolute atomic E-state index is 11.9. The van der Waals surface area contributed by atoms with Gasteiger partial charge in [-0.25, -0.2) is 4.98 Å². The molecule has 2 rings (SSSR count). The Balaban J connectivity index is 0.00000288. The second-order valence-corrected chi connectivity index (χ2v) is 7.13. The Hall–Kier alpha value is -0.930. The van der Waals surface area contributed by atoms with E-state index < -0.39 is 6.04 Å². The van der Waals surface area contributed by atoms with E-state index >= 15 is 0 Å². The molecule has 0 radical (unpaired) electrons. The van der Waals surface area contributed by atoms with Crippen LogP contribution in [0.3, 0.4) is 0 Å². The summed E-state index contributed by atoms with van der Waals surface area (Å²) in [6.07, 6.45) is 0.912. The highest BCUT2D eigenvalue weighted by Crippen LogP contribution is 2.28. The standard InChI is InChI=1S/C15H25N5O2S.2ClH/c1-4-20-6-5-10-11(8-20)23-15(18-10)19-12(21)7-17-14(22)13(16)9(2)3;;/h9,13H,4-8,16H2,1-3H3,(H,17,22)(H,18,19,21);2*1H/t13-;;/m0../s1. The van der Waals surface area contributed by atoms with Gasteiger partial charge in [-0.3, -0.25) is 14.5 Å². The van der Waals surface area contributed by atoms with E-state index in [-0.39, 0.29) is 49.1 Å². The number of amides is 2. The van der Waals surface area contributed by atoms with Gasteiger partial charge >= 0.3 is 0 Å². The fourth-order valence-corrected chi connectivity index (χ4v) is 3.39. The number of likely N-dealkylation sites (N-methyl/N-ethyl adjacent to an activating group) is 1. The predicted octanol–water partition coefficient (Wildman–Crippen LogP) is 1.40. The number of nitrogens with two attached hydrogens (primary N) is 1. The van der Waals surface area contributed by atoms with Crippen LogP contribution in [0.25, 0.3) is 0 Å². The van der Waals surface area contributed by atoms with Gasteiger partial charge in [-0.1, -0.05) is 20.8 Å². The van der Waals surface area contributed by atoms with Crippen molar-refractivity contribution in [1.29, 1.82) is 0 Å². The molecule has 0 fully saturated rings. The molecule has 2 heterocycles. The van der Waals surface area contributed by atoms with Crippen LogP contribution in [-0.4, -0.2) is 47.4 Å². The van der Waals surface area contributed by atoms with E-state index in [1.54, 1.807) is 0 Å². The van der Waals surface area contributed by atoms with Crippen molar-refractivity contribution in [3.05, 3.63) is 10.6 Å². The van der Waals surface area contributed by atoms with E-state index in [9.17, 15) is 9.59 Å². The lowest BCUT2D eigenvalue weighted by molar-refractivity contribution is -0.125. The summed E-state index contributed by atoms with van der Waals surface area (Å²) in [4.78, 5) is 31.7. The number of thiazole rings is 1. The molecule has 25 heavy (non-hydrogen) atoms. The minimum atomic E-state index is -0.602. The van der Waals surface area contributed by atoms with Crippen LogP contribution in [-0.2, 0) is 22.6 Å². The van der Waals surface area contributed by atoms with E-state index in [4.69, 9.17) is 5.73 Å². The first-order valence-electron chi connectivity index (χ1n) is 7.94. The largest absolute Gasteiger partial charge is 0.346 e. The molecule has 0 saturated heterocycles. The maximum atomic E-state index is 11.9. The number of hydrogen-bond donors (Lipinski definition) is 3. The molecule has 0 unspecified atom stereocenters. The number of aromatic nitrogens is 1. The van der Waals surface area contributed by atoms with E-state index in [1.165, 1.54) is 16.2 Å². The Morgan fingerprint density at radius 2 is 2.04 bits per heavy atom. The Morgan fingerprint density at radius 1 is 1.36 bits per heavy atom. The van der Waals surface area contributed by atoms with Gasteiger partial charge in [0.1, 0.15) is 0 Å². The van der Waals surface area contributed by atoms with Crippen LogP contribution in [0.15, 0.2) is 0 Å². The zero-order valence-corrected chi connectivity index (χ0v) is 17.2. The van der Waals surface area contributed by atoms with Crippen molar-refractivity contribution < 1.29 is 9.59 Å². The molecule has 2 amide bonds. The minimum absolute atomic E-state index is 0. The normalized spacial score (nSPS) is 14.8.